The third-order valence-electron chi connectivity index (χ3n) is 3.92. The van der Waals surface area contributed by atoms with Crippen molar-refractivity contribution >= 4 is 5.82 Å². The van der Waals surface area contributed by atoms with Crippen LogP contribution in [-0.4, -0.2) is 25.1 Å². The minimum atomic E-state index is -0.148. The van der Waals surface area contributed by atoms with Gasteiger partial charge in [-0.05, 0) is 32.4 Å². The highest BCUT2D eigenvalue weighted by Gasteiger charge is 2.07. The minimum Gasteiger partial charge on any atom is -0.366 e. The summed E-state index contributed by atoms with van der Waals surface area (Å²) >= 11 is 0. The molecule has 0 saturated heterocycles. The molecule has 0 fully saturated rings. The third kappa shape index (κ3) is 3.34. The standard InChI is InChI=1S/C17H20N6O/c1-4-13-7-16(24)21-17(20-13)12-5-6-15(18-8-12)19-9-14-10(2)22-23-11(14)3/h5-8H,4,9H2,1-3H3,(H,18,19)(H,22,23)(H,20,21,24). The van der Waals surface area contributed by atoms with Gasteiger partial charge in [-0.15, -0.1) is 0 Å². The molecular weight excluding hydrogens is 304 g/mol. The normalized spacial score (nSPS) is 10.8. The minimum absolute atomic E-state index is 0.148. The largest absolute Gasteiger partial charge is 0.366 e. The zero-order chi connectivity index (χ0) is 17.1. The molecule has 7 heteroatoms. The number of aryl methyl sites for hydroxylation is 3. The highest BCUT2D eigenvalue weighted by Crippen LogP contribution is 2.16. The van der Waals surface area contributed by atoms with Crippen molar-refractivity contribution in [1.29, 1.82) is 0 Å². The van der Waals surface area contributed by atoms with E-state index in [4.69, 9.17) is 0 Å². The second-order valence-corrected chi connectivity index (χ2v) is 5.64. The summed E-state index contributed by atoms with van der Waals surface area (Å²) in [7, 11) is 0. The number of anilines is 1. The van der Waals surface area contributed by atoms with Crippen molar-refractivity contribution < 1.29 is 0 Å². The predicted octanol–water partition coefficient (Wildman–Crippen LogP) is 2.35. The summed E-state index contributed by atoms with van der Waals surface area (Å²) in [5.74, 6) is 1.30. The molecule has 0 bridgehead atoms. The van der Waals surface area contributed by atoms with Gasteiger partial charge in [-0.2, -0.15) is 5.10 Å². The number of nitrogens with one attached hydrogen (secondary N) is 3. The van der Waals surface area contributed by atoms with Crippen molar-refractivity contribution in [2.24, 2.45) is 0 Å². The van der Waals surface area contributed by atoms with Crippen LogP contribution in [0.5, 0.6) is 0 Å². The van der Waals surface area contributed by atoms with E-state index in [-0.39, 0.29) is 5.56 Å². The fourth-order valence-corrected chi connectivity index (χ4v) is 2.48. The van der Waals surface area contributed by atoms with Gasteiger partial charge in [0.05, 0.1) is 5.69 Å². The fraction of sp³-hybridized carbons (Fsp3) is 0.294. The number of nitrogens with zero attached hydrogens (tertiary/aromatic N) is 3. The first-order valence-corrected chi connectivity index (χ1v) is 7.87. The monoisotopic (exact) mass is 324 g/mol. The highest BCUT2D eigenvalue weighted by molar-refractivity contribution is 5.56. The molecule has 0 aromatic carbocycles. The molecule has 7 nitrogen and oxygen atoms in total. The Balaban J connectivity index is 1.76. The lowest BCUT2D eigenvalue weighted by atomic mass is 10.2. The van der Waals surface area contributed by atoms with Crippen LogP contribution in [0, 0.1) is 13.8 Å². The average molecular weight is 324 g/mol. The van der Waals surface area contributed by atoms with Gasteiger partial charge in [0.1, 0.15) is 11.6 Å². The number of pyridine rings is 1. The van der Waals surface area contributed by atoms with Crippen molar-refractivity contribution in [3.63, 3.8) is 0 Å². The summed E-state index contributed by atoms with van der Waals surface area (Å²) in [6.07, 6.45) is 2.42. The summed E-state index contributed by atoms with van der Waals surface area (Å²) in [5, 5.41) is 10.4. The average Bonchev–Trinajstić information content (AvgIpc) is 2.91. The van der Waals surface area contributed by atoms with E-state index >= 15 is 0 Å². The number of rotatable bonds is 5. The van der Waals surface area contributed by atoms with Gasteiger partial charge in [-0.1, -0.05) is 6.92 Å². The van der Waals surface area contributed by atoms with Crippen molar-refractivity contribution in [1.82, 2.24) is 25.1 Å². The van der Waals surface area contributed by atoms with E-state index in [2.05, 4.69) is 30.5 Å². The van der Waals surface area contributed by atoms with E-state index in [0.29, 0.717) is 18.8 Å². The molecule has 3 heterocycles. The Morgan fingerprint density at radius 3 is 2.71 bits per heavy atom. The maximum absolute atomic E-state index is 11.7. The van der Waals surface area contributed by atoms with Gasteiger partial charge >= 0.3 is 0 Å². The van der Waals surface area contributed by atoms with Gasteiger partial charge in [0.15, 0.2) is 0 Å². The van der Waals surface area contributed by atoms with Crippen LogP contribution in [-0.2, 0) is 13.0 Å². The topological polar surface area (TPSA) is 99.3 Å². The third-order valence-corrected chi connectivity index (χ3v) is 3.92. The highest BCUT2D eigenvalue weighted by atomic mass is 16.1. The van der Waals surface area contributed by atoms with Crippen LogP contribution in [0.3, 0.4) is 0 Å². The van der Waals surface area contributed by atoms with Crippen LogP contribution in [0.2, 0.25) is 0 Å². The van der Waals surface area contributed by atoms with Crippen LogP contribution >= 0.6 is 0 Å². The van der Waals surface area contributed by atoms with E-state index < -0.39 is 0 Å². The SMILES string of the molecule is CCc1cc(=O)[nH]c(-c2ccc(NCc3c(C)n[nH]c3C)nc2)n1. The summed E-state index contributed by atoms with van der Waals surface area (Å²) in [5.41, 5.74) is 4.57. The number of aromatic amines is 2. The molecule has 0 amide bonds. The number of H-pyrrole nitrogens is 2. The number of aromatic nitrogens is 5. The molecule has 0 spiro atoms. The second kappa shape index (κ2) is 6.66. The molecule has 3 aromatic heterocycles. The quantitative estimate of drug-likeness (QED) is 0.669. The van der Waals surface area contributed by atoms with Crippen LogP contribution < -0.4 is 10.9 Å². The van der Waals surface area contributed by atoms with Crippen molar-refractivity contribution in [3.05, 3.63) is 57.4 Å². The first kappa shape index (κ1) is 15.9. The Bertz CT molecular complexity index is 875. The predicted molar refractivity (Wildman–Crippen MR) is 92.9 cm³/mol. The maximum atomic E-state index is 11.7. The van der Waals surface area contributed by atoms with E-state index in [0.717, 1.165) is 34.0 Å². The van der Waals surface area contributed by atoms with Gasteiger partial charge in [-0.25, -0.2) is 9.97 Å². The van der Waals surface area contributed by atoms with Gasteiger partial charge in [0.25, 0.3) is 5.56 Å². The second-order valence-electron chi connectivity index (χ2n) is 5.64. The molecule has 0 atom stereocenters. The smallest absolute Gasteiger partial charge is 0.251 e. The molecule has 124 valence electrons. The van der Waals surface area contributed by atoms with Crippen LogP contribution in [0.1, 0.15) is 29.6 Å². The van der Waals surface area contributed by atoms with Crippen LogP contribution in [0.25, 0.3) is 11.4 Å². The summed E-state index contributed by atoms with van der Waals surface area (Å²) in [6, 6.07) is 5.28. The van der Waals surface area contributed by atoms with Crippen LogP contribution in [0.15, 0.2) is 29.2 Å². The first-order chi connectivity index (χ1) is 11.6. The van der Waals surface area contributed by atoms with E-state index in [1.54, 1.807) is 6.20 Å². The summed E-state index contributed by atoms with van der Waals surface area (Å²) < 4.78 is 0. The van der Waals surface area contributed by atoms with Gasteiger partial charge in [-0.3, -0.25) is 9.89 Å². The van der Waals surface area contributed by atoms with Crippen LogP contribution in [0.4, 0.5) is 5.82 Å². The number of hydrogen-bond donors (Lipinski definition) is 3. The molecule has 24 heavy (non-hydrogen) atoms. The maximum Gasteiger partial charge on any atom is 0.251 e. The Morgan fingerprint density at radius 1 is 1.25 bits per heavy atom. The summed E-state index contributed by atoms with van der Waals surface area (Å²) in [4.78, 5) is 23.2. The van der Waals surface area contributed by atoms with Gasteiger partial charge < -0.3 is 10.3 Å². The van der Waals surface area contributed by atoms with E-state index in [1.807, 2.05) is 32.9 Å². The van der Waals surface area contributed by atoms with Crippen molar-refractivity contribution in [2.45, 2.75) is 33.7 Å². The zero-order valence-electron chi connectivity index (χ0n) is 14.0. The molecule has 3 aromatic rings. The van der Waals surface area contributed by atoms with E-state index in [9.17, 15) is 4.79 Å². The Kier molecular flexibility index (Phi) is 4.41. The Morgan fingerprint density at radius 2 is 2.08 bits per heavy atom. The van der Waals surface area contributed by atoms with E-state index in [1.165, 1.54) is 6.07 Å². The van der Waals surface area contributed by atoms with Crippen molar-refractivity contribution in [2.75, 3.05) is 5.32 Å². The first-order valence-electron chi connectivity index (χ1n) is 7.87. The zero-order valence-corrected chi connectivity index (χ0v) is 14.0. The van der Waals surface area contributed by atoms with Gasteiger partial charge in [0.2, 0.25) is 0 Å². The lowest BCUT2D eigenvalue weighted by Crippen LogP contribution is -2.10. The number of hydrogen-bond acceptors (Lipinski definition) is 5. The Labute approximate surface area is 139 Å². The lowest BCUT2D eigenvalue weighted by Gasteiger charge is -2.07. The fourth-order valence-electron chi connectivity index (χ4n) is 2.48. The summed E-state index contributed by atoms with van der Waals surface area (Å²) in [6.45, 7) is 6.59. The lowest BCUT2D eigenvalue weighted by molar-refractivity contribution is 0.985. The molecule has 0 radical (unpaired) electrons. The molecular formula is C17H20N6O. The molecule has 0 unspecified atom stereocenters. The molecule has 0 saturated carbocycles. The molecule has 0 aliphatic carbocycles. The molecule has 0 aliphatic rings. The van der Waals surface area contributed by atoms with Gasteiger partial charge in [0, 0.05) is 41.3 Å². The molecule has 3 N–H and O–H groups in total. The molecule has 3 rings (SSSR count). The van der Waals surface area contributed by atoms with Crippen molar-refractivity contribution in [3.8, 4) is 11.4 Å². The Hall–Kier alpha value is -2.96. The molecule has 0 aliphatic heterocycles.